The van der Waals surface area contributed by atoms with Gasteiger partial charge >= 0.3 is 6.03 Å². The minimum absolute atomic E-state index is 0.0351. The first-order valence-corrected chi connectivity index (χ1v) is 8.79. The number of carbonyl (C=O) groups excluding carboxylic acids is 2. The second-order valence-electron chi connectivity index (χ2n) is 6.91. The standard InChI is InChI=1S/C19H17N5O3/c1-23-7-8-24(19(23)26)11-5-6-12-14(10-17(25)20-16(12)9-11)13-3-2-4-15-18(13)22-27-21-15/h2-6,9,14H,7-8,10H2,1H3,(H,20,25). The number of benzene rings is 2. The van der Waals surface area contributed by atoms with Crippen LogP contribution in [0.25, 0.3) is 11.0 Å². The Morgan fingerprint density at radius 2 is 2.00 bits per heavy atom. The van der Waals surface area contributed by atoms with Crippen molar-refractivity contribution in [3.05, 3.63) is 47.5 Å². The van der Waals surface area contributed by atoms with E-state index in [2.05, 4.69) is 15.6 Å². The number of aromatic nitrogens is 2. The number of hydrogen-bond donors (Lipinski definition) is 1. The molecule has 2 aliphatic rings. The third-order valence-electron chi connectivity index (χ3n) is 5.30. The van der Waals surface area contributed by atoms with Gasteiger partial charge in [-0.15, -0.1) is 0 Å². The average Bonchev–Trinajstić information content (AvgIpc) is 3.27. The van der Waals surface area contributed by atoms with Crippen LogP contribution in [0.3, 0.4) is 0 Å². The molecule has 27 heavy (non-hydrogen) atoms. The summed E-state index contributed by atoms with van der Waals surface area (Å²) in [5.41, 5.74) is 4.75. The first-order valence-electron chi connectivity index (χ1n) is 8.79. The Labute approximate surface area is 154 Å². The zero-order valence-corrected chi connectivity index (χ0v) is 14.7. The molecule has 2 aromatic carbocycles. The van der Waals surface area contributed by atoms with Gasteiger partial charge in [-0.1, -0.05) is 18.2 Å². The van der Waals surface area contributed by atoms with Crippen LogP contribution in [0, 0.1) is 0 Å². The molecule has 8 nitrogen and oxygen atoms in total. The Morgan fingerprint density at radius 1 is 1.11 bits per heavy atom. The van der Waals surface area contributed by atoms with Crippen molar-refractivity contribution in [3.8, 4) is 0 Å². The minimum atomic E-state index is -0.143. The Hall–Kier alpha value is -3.42. The first kappa shape index (κ1) is 15.8. The number of carbonyl (C=O) groups is 2. The summed E-state index contributed by atoms with van der Waals surface area (Å²) >= 11 is 0. The van der Waals surface area contributed by atoms with E-state index in [1.54, 1.807) is 16.8 Å². The van der Waals surface area contributed by atoms with Crippen molar-refractivity contribution in [1.82, 2.24) is 15.2 Å². The van der Waals surface area contributed by atoms with E-state index in [1.807, 2.05) is 36.4 Å². The number of nitrogens with one attached hydrogen (secondary N) is 1. The number of amides is 3. The summed E-state index contributed by atoms with van der Waals surface area (Å²) in [4.78, 5) is 28.1. The molecule has 3 aromatic rings. The quantitative estimate of drug-likeness (QED) is 0.755. The van der Waals surface area contributed by atoms with Crippen LogP contribution in [-0.2, 0) is 4.79 Å². The SMILES string of the molecule is CN1CCN(c2ccc3c(c2)NC(=O)CC3c2cccc3nonc23)C1=O. The summed E-state index contributed by atoms with van der Waals surface area (Å²) in [5.74, 6) is -0.210. The van der Waals surface area contributed by atoms with Gasteiger partial charge in [-0.3, -0.25) is 9.69 Å². The van der Waals surface area contributed by atoms with Crippen LogP contribution in [0.4, 0.5) is 16.2 Å². The Morgan fingerprint density at radius 3 is 2.81 bits per heavy atom. The molecule has 3 heterocycles. The van der Waals surface area contributed by atoms with Crippen LogP contribution in [0.15, 0.2) is 41.0 Å². The van der Waals surface area contributed by atoms with Gasteiger partial charge in [-0.05, 0) is 39.6 Å². The van der Waals surface area contributed by atoms with Crippen LogP contribution in [0.2, 0.25) is 0 Å². The van der Waals surface area contributed by atoms with Crippen molar-refractivity contribution in [1.29, 1.82) is 0 Å². The number of rotatable bonds is 2. The van der Waals surface area contributed by atoms with Crippen molar-refractivity contribution >= 4 is 34.3 Å². The van der Waals surface area contributed by atoms with Crippen molar-refractivity contribution < 1.29 is 14.2 Å². The number of hydrogen-bond acceptors (Lipinski definition) is 5. The van der Waals surface area contributed by atoms with E-state index in [0.29, 0.717) is 30.5 Å². The van der Waals surface area contributed by atoms with E-state index in [4.69, 9.17) is 4.63 Å². The van der Waals surface area contributed by atoms with Gasteiger partial charge in [0.2, 0.25) is 5.91 Å². The molecule has 1 saturated heterocycles. The van der Waals surface area contributed by atoms with Gasteiger partial charge in [0, 0.05) is 43.9 Å². The van der Waals surface area contributed by atoms with E-state index in [9.17, 15) is 9.59 Å². The fourth-order valence-electron chi connectivity index (χ4n) is 3.89. The first-order chi connectivity index (χ1) is 13.1. The zero-order valence-electron chi connectivity index (χ0n) is 14.7. The molecule has 0 spiro atoms. The zero-order chi connectivity index (χ0) is 18.5. The van der Waals surface area contributed by atoms with Gasteiger partial charge < -0.3 is 10.2 Å². The highest BCUT2D eigenvalue weighted by Gasteiger charge is 2.31. The van der Waals surface area contributed by atoms with Crippen LogP contribution in [0.5, 0.6) is 0 Å². The smallest absolute Gasteiger partial charge is 0.324 e. The van der Waals surface area contributed by atoms with E-state index in [1.165, 1.54) is 0 Å². The topological polar surface area (TPSA) is 91.6 Å². The monoisotopic (exact) mass is 363 g/mol. The van der Waals surface area contributed by atoms with Crippen LogP contribution >= 0.6 is 0 Å². The predicted molar refractivity (Wildman–Crippen MR) is 98.7 cm³/mol. The Balaban J connectivity index is 1.59. The molecule has 1 atom stereocenters. The fraction of sp³-hybridized carbons (Fsp3) is 0.263. The van der Waals surface area contributed by atoms with Crippen molar-refractivity contribution in [2.24, 2.45) is 0 Å². The maximum absolute atomic E-state index is 12.4. The van der Waals surface area contributed by atoms with E-state index in [-0.39, 0.29) is 17.9 Å². The maximum atomic E-state index is 12.4. The van der Waals surface area contributed by atoms with E-state index < -0.39 is 0 Å². The number of anilines is 2. The number of fused-ring (bicyclic) bond motifs is 2. The van der Waals surface area contributed by atoms with E-state index >= 15 is 0 Å². The third kappa shape index (κ3) is 2.44. The summed E-state index contributed by atoms with van der Waals surface area (Å²) in [6.07, 6.45) is 0.323. The molecule has 3 amide bonds. The molecule has 1 unspecified atom stereocenters. The highest BCUT2D eigenvalue weighted by Crippen LogP contribution is 2.41. The van der Waals surface area contributed by atoms with Crippen LogP contribution in [0.1, 0.15) is 23.5 Å². The Bertz CT molecular complexity index is 1080. The van der Waals surface area contributed by atoms with Gasteiger partial charge in [0.05, 0.1) is 0 Å². The lowest BCUT2D eigenvalue weighted by Gasteiger charge is -2.27. The summed E-state index contributed by atoms with van der Waals surface area (Å²) in [6.45, 7) is 1.32. The molecule has 2 aliphatic heterocycles. The van der Waals surface area contributed by atoms with Gasteiger partial charge in [0.25, 0.3) is 0 Å². The van der Waals surface area contributed by atoms with E-state index in [0.717, 1.165) is 22.5 Å². The minimum Gasteiger partial charge on any atom is -0.326 e. The van der Waals surface area contributed by atoms with Crippen LogP contribution in [-0.4, -0.2) is 47.3 Å². The average molecular weight is 363 g/mol. The summed E-state index contributed by atoms with van der Waals surface area (Å²) in [6, 6.07) is 11.4. The molecular formula is C19H17N5O3. The number of likely N-dealkylation sites (N-methyl/N-ethyl adjacent to an activating group) is 1. The van der Waals surface area contributed by atoms with Crippen LogP contribution < -0.4 is 10.2 Å². The molecule has 1 fully saturated rings. The fourth-order valence-corrected chi connectivity index (χ4v) is 3.89. The molecule has 136 valence electrons. The van der Waals surface area contributed by atoms with Gasteiger partial charge in [0.15, 0.2) is 0 Å². The molecule has 8 heteroatoms. The molecule has 1 aromatic heterocycles. The largest absolute Gasteiger partial charge is 0.326 e. The number of urea groups is 1. The second kappa shape index (κ2) is 5.80. The van der Waals surface area contributed by atoms with Crippen molar-refractivity contribution in [2.45, 2.75) is 12.3 Å². The van der Waals surface area contributed by atoms with Crippen molar-refractivity contribution in [2.75, 3.05) is 30.4 Å². The third-order valence-corrected chi connectivity index (χ3v) is 5.30. The molecule has 0 aliphatic carbocycles. The van der Waals surface area contributed by atoms with Gasteiger partial charge in [-0.25, -0.2) is 9.42 Å². The number of nitrogens with zero attached hydrogens (tertiary/aromatic N) is 4. The van der Waals surface area contributed by atoms with Gasteiger partial charge in [-0.2, -0.15) is 0 Å². The summed E-state index contributed by atoms with van der Waals surface area (Å²) in [5, 5.41) is 10.9. The maximum Gasteiger partial charge on any atom is 0.324 e. The summed E-state index contributed by atoms with van der Waals surface area (Å²) in [7, 11) is 1.78. The van der Waals surface area contributed by atoms with Crippen molar-refractivity contribution in [3.63, 3.8) is 0 Å². The lowest BCUT2D eigenvalue weighted by Crippen LogP contribution is -2.30. The highest BCUT2D eigenvalue weighted by molar-refractivity contribution is 5.99. The van der Waals surface area contributed by atoms with Gasteiger partial charge in [0.1, 0.15) is 11.0 Å². The highest BCUT2D eigenvalue weighted by atomic mass is 16.6. The Kier molecular flexibility index (Phi) is 3.40. The molecule has 0 saturated carbocycles. The predicted octanol–water partition coefficient (Wildman–Crippen LogP) is 2.57. The second-order valence-corrected chi connectivity index (χ2v) is 6.91. The molecule has 0 bridgehead atoms. The molecule has 0 radical (unpaired) electrons. The summed E-state index contributed by atoms with van der Waals surface area (Å²) < 4.78 is 4.87. The lowest BCUT2D eigenvalue weighted by molar-refractivity contribution is -0.116. The molecular weight excluding hydrogens is 346 g/mol. The normalized spacial score (nSPS) is 19.5. The molecule has 1 N–H and O–H groups in total. The lowest BCUT2D eigenvalue weighted by atomic mass is 9.84. The molecule has 5 rings (SSSR count).